The first kappa shape index (κ1) is 17.6. The molecule has 2 rings (SSSR count). The molecule has 7 nitrogen and oxygen atoms in total. The number of aromatic nitrogens is 2. The van der Waals surface area contributed by atoms with Crippen molar-refractivity contribution in [2.24, 2.45) is 7.05 Å². The molecule has 0 atom stereocenters. The molecule has 1 aromatic carbocycles. The number of benzene rings is 1. The first-order chi connectivity index (χ1) is 10.8. The number of carbonyl (C=O) groups is 1. The lowest BCUT2D eigenvalue weighted by atomic mass is 10.2. The van der Waals surface area contributed by atoms with Gasteiger partial charge in [-0.15, -0.1) is 0 Å². The van der Waals surface area contributed by atoms with Gasteiger partial charge in [0.1, 0.15) is 4.90 Å². The highest BCUT2D eigenvalue weighted by molar-refractivity contribution is 9.10. The lowest BCUT2D eigenvalue weighted by molar-refractivity contribution is -0.129. The normalized spacial score (nSPS) is 11.4. The zero-order valence-electron chi connectivity index (χ0n) is 12.7. The van der Waals surface area contributed by atoms with Gasteiger partial charge in [0, 0.05) is 31.3 Å². The fourth-order valence-electron chi connectivity index (χ4n) is 1.86. The molecule has 9 heteroatoms. The number of nitrogens with zero attached hydrogens (tertiary/aromatic N) is 3. The Bertz CT molecular complexity index is 787. The summed E-state index contributed by atoms with van der Waals surface area (Å²) in [6.07, 6.45) is 2.61. The van der Waals surface area contributed by atoms with E-state index >= 15 is 0 Å². The fraction of sp³-hybridized carbons (Fsp3) is 0.286. The Hall–Kier alpha value is -1.71. The van der Waals surface area contributed by atoms with Gasteiger partial charge in [-0.05, 0) is 17.7 Å². The molecule has 0 unspecified atom stereocenters. The van der Waals surface area contributed by atoms with Crippen LogP contribution in [0.5, 0.6) is 0 Å². The molecular weight excluding hydrogens is 384 g/mol. The van der Waals surface area contributed by atoms with E-state index in [1.807, 2.05) is 24.3 Å². The summed E-state index contributed by atoms with van der Waals surface area (Å²) in [5.41, 5.74) is 0.958. The Morgan fingerprint density at radius 3 is 2.57 bits per heavy atom. The first-order valence-electron chi connectivity index (χ1n) is 6.74. The minimum absolute atomic E-state index is 0.0309. The maximum Gasteiger partial charge on any atom is 0.244 e. The number of carbonyl (C=O) groups excluding carboxylic acids is 1. The van der Waals surface area contributed by atoms with Crippen molar-refractivity contribution in [2.45, 2.75) is 11.4 Å². The van der Waals surface area contributed by atoms with Crippen molar-refractivity contribution in [3.63, 3.8) is 0 Å². The Labute approximate surface area is 143 Å². The van der Waals surface area contributed by atoms with Crippen molar-refractivity contribution < 1.29 is 13.2 Å². The van der Waals surface area contributed by atoms with Crippen LogP contribution >= 0.6 is 15.9 Å². The summed E-state index contributed by atoms with van der Waals surface area (Å²) in [5, 5.41) is 3.81. The molecule has 23 heavy (non-hydrogen) atoms. The van der Waals surface area contributed by atoms with Crippen LogP contribution in [0.25, 0.3) is 0 Å². The summed E-state index contributed by atoms with van der Waals surface area (Å²) in [6.45, 7) is 0.102. The van der Waals surface area contributed by atoms with E-state index in [4.69, 9.17) is 0 Å². The monoisotopic (exact) mass is 400 g/mol. The molecule has 1 amide bonds. The minimum atomic E-state index is -3.73. The molecule has 0 bridgehead atoms. The standard InChI is InChI=1S/C14H17BrN4O3S/c1-18(9-11-3-5-12(15)6-4-11)14(20)8-17-23(21,22)13-7-16-19(2)10-13/h3-7,10,17H,8-9H2,1-2H3. The molecular formula is C14H17BrN4O3S. The Balaban J connectivity index is 1.92. The van der Waals surface area contributed by atoms with E-state index in [-0.39, 0.29) is 17.3 Å². The second-order valence-electron chi connectivity index (χ2n) is 5.05. The van der Waals surface area contributed by atoms with Gasteiger partial charge in [-0.1, -0.05) is 28.1 Å². The van der Waals surface area contributed by atoms with Gasteiger partial charge < -0.3 is 4.90 Å². The van der Waals surface area contributed by atoms with E-state index in [1.54, 1.807) is 14.1 Å². The first-order valence-corrected chi connectivity index (χ1v) is 9.02. The van der Waals surface area contributed by atoms with Crippen LogP contribution in [-0.4, -0.2) is 42.6 Å². The molecule has 0 radical (unpaired) electrons. The Kier molecular flexibility index (Phi) is 5.55. The van der Waals surface area contributed by atoms with Crippen molar-refractivity contribution in [1.82, 2.24) is 19.4 Å². The minimum Gasteiger partial charge on any atom is -0.340 e. The summed E-state index contributed by atoms with van der Waals surface area (Å²) in [4.78, 5) is 13.6. The number of sulfonamides is 1. The highest BCUT2D eigenvalue weighted by Crippen LogP contribution is 2.12. The molecule has 0 saturated carbocycles. The summed E-state index contributed by atoms with van der Waals surface area (Å²) in [7, 11) is -0.485. The van der Waals surface area contributed by atoms with E-state index in [2.05, 4.69) is 25.8 Å². The molecule has 124 valence electrons. The predicted octanol–water partition coefficient (Wildman–Crippen LogP) is 1.12. The predicted molar refractivity (Wildman–Crippen MR) is 89.0 cm³/mol. The van der Waals surface area contributed by atoms with E-state index in [0.717, 1.165) is 10.0 Å². The summed E-state index contributed by atoms with van der Waals surface area (Å²) in [5.74, 6) is -0.319. The van der Waals surface area contributed by atoms with Crippen molar-refractivity contribution in [1.29, 1.82) is 0 Å². The topological polar surface area (TPSA) is 84.3 Å². The Morgan fingerprint density at radius 1 is 1.35 bits per heavy atom. The summed E-state index contributed by atoms with van der Waals surface area (Å²) >= 11 is 3.35. The molecule has 0 aliphatic rings. The maximum atomic E-state index is 12.1. The van der Waals surface area contributed by atoms with Gasteiger partial charge in [-0.25, -0.2) is 13.1 Å². The second-order valence-corrected chi connectivity index (χ2v) is 7.73. The number of amides is 1. The van der Waals surface area contributed by atoms with Crippen molar-refractivity contribution in [3.8, 4) is 0 Å². The maximum absolute atomic E-state index is 12.1. The van der Waals surface area contributed by atoms with Crippen molar-refractivity contribution in [2.75, 3.05) is 13.6 Å². The zero-order valence-corrected chi connectivity index (χ0v) is 15.1. The van der Waals surface area contributed by atoms with Gasteiger partial charge in [0.2, 0.25) is 15.9 Å². The van der Waals surface area contributed by atoms with Crippen LogP contribution < -0.4 is 4.72 Å². The average molecular weight is 401 g/mol. The van der Waals surface area contributed by atoms with Crippen LogP contribution in [0.2, 0.25) is 0 Å². The number of rotatable bonds is 6. The van der Waals surface area contributed by atoms with Gasteiger partial charge in [0.15, 0.2) is 0 Å². The number of halogens is 1. The van der Waals surface area contributed by atoms with Crippen LogP contribution in [0.15, 0.2) is 46.0 Å². The lowest BCUT2D eigenvalue weighted by Crippen LogP contribution is -2.37. The van der Waals surface area contributed by atoms with Gasteiger partial charge in [-0.3, -0.25) is 9.48 Å². The highest BCUT2D eigenvalue weighted by Gasteiger charge is 2.18. The van der Waals surface area contributed by atoms with Gasteiger partial charge in [0.25, 0.3) is 0 Å². The van der Waals surface area contributed by atoms with Gasteiger partial charge in [0.05, 0.1) is 12.7 Å². The van der Waals surface area contributed by atoms with Crippen LogP contribution in [-0.2, 0) is 28.4 Å². The number of nitrogens with one attached hydrogen (secondary N) is 1. The molecule has 1 heterocycles. The molecule has 1 aromatic heterocycles. The molecule has 0 spiro atoms. The van der Waals surface area contributed by atoms with Crippen molar-refractivity contribution in [3.05, 3.63) is 46.7 Å². The van der Waals surface area contributed by atoms with E-state index in [0.29, 0.717) is 6.54 Å². The third-order valence-corrected chi connectivity index (χ3v) is 5.05. The van der Waals surface area contributed by atoms with Crippen molar-refractivity contribution >= 4 is 31.9 Å². The second kappa shape index (κ2) is 7.24. The van der Waals surface area contributed by atoms with Crippen LogP contribution in [0.3, 0.4) is 0 Å². The molecule has 0 aliphatic carbocycles. The van der Waals surface area contributed by atoms with E-state index in [1.165, 1.54) is 22.0 Å². The lowest BCUT2D eigenvalue weighted by Gasteiger charge is -2.17. The van der Waals surface area contributed by atoms with Crippen LogP contribution in [0.1, 0.15) is 5.56 Å². The summed E-state index contributed by atoms with van der Waals surface area (Å²) in [6, 6.07) is 7.57. The number of likely N-dealkylation sites (N-methyl/N-ethyl adjacent to an activating group) is 1. The van der Waals surface area contributed by atoms with Gasteiger partial charge in [-0.2, -0.15) is 5.10 Å². The number of hydrogen-bond donors (Lipinski definition) is 1. The van der Waals surface area contributed by atoms with Crippen LogP contribution in [0, 0.1) is 0 Å². The molecule has 2 aromatic rings. The summed E-state index contributed by atoms with van der Waals surface area (Å²) < 4.78 is 28.7. The number of hydrogen-bond acceptors (Lipinski definition) is 4. The van der Waals surface area contributed by atoms with E-state index in [9.17, 15) is 13.2 Å². The molecule has 0 saturated heterocycles. The van der Waals surface area contributed by atoms with Crippen LogP contribution in [0.4, 0.5) is 0 Å². The third kappa shape index (κ3) is 4.88. The number of aryl methyl sites for hydroxylation is 1. The third-order valence-electron chi connectivity index (χ3n) is 3.16. The van der Waals surface area contributed by atoms with E-state index < -0.39 is 10.0 Å². The quantitative estimate of drug-likeness (QED) is 0.787. The van der Waals surface area contributed by atoms with Gasteiger partial charge >= 0.3 is 0 Å². The fourth-order valence-corrected chi connectivity index (χ4v) is 3.09. The Morgan fingerprint density at radius 2 is 2.00 bits per heavy atom. The SMILES string of the molecule is CN(Cc1ccc(Br)cc1)C(=O)CNS(=O)(=O)c1cnn(C)c1. The average Bonchev–Trinajstić information content (AvgIpc) is 2.94. The molecule has 0 aliphatic heterocycles. The molecule has 0 fully saturated rings. The zero-order chi connectivity index (χ0) is 17.0. The largest absolute Gasteiger partial charge is 0.340 e. The smallest absolute Gasteiger partial charge is 0.244 e. The molecule has 1 N–H and O–H groups in total. The highest BCUT2D eigenvalue weighted by atomic mass is 79.9.